The fourth-order valence-electron chi connectivity index (χ4n) is 4.87. The molecule has 2 aromatic carbocycles. The van der Waals surface area contributed by atoms with E-state index in [1.54, 1.807) is 12.1 Å². The third-order valence-electron chi connectivity index (χ3n) is 6.00. The largest absolute Gasteiger partial charge is 0.493 e. The van der Waals surface area contributed by atoms with Crippen LogP contribution in [0, 0.1) is 12.3 Å². The maximum Gasteiger partial charge on any atom is 0.345 e. The highest BCUT2D eigenvalue weighted by molar-refractivity contribution is 6.36. The summed E-state index contributed by atoms with van der Waals surface area (Å²) in [6.07, 6.45) is 2.98. The van der Waals surface area contributed by atoms with Crippen LogP contribution in [0.15, 0.2) is 54.7 Å². The number of nitrogens with one attached hydrogen (secondary N) is 1. The number of fused-ring (bicyclic) bond motifs is 1. The van der Waals surface area contributed by atoms with Crippen molar-refractivity contribution < 1.29 is 14.3 Å². The number of benzene rings is 2. The number of aromatic nitrogens is 2. The van der Waals surface area contributed by atoms with Crippen molar-refractivity contribution in [2.24, 2.45) is 5.41 Å². The molecule has 0 aliphatic rings. The van der Waals surface area contributed by atoms with Crippen molar-refractivity contribution in [1.82, 2.24) is 9.38 Å². The molecule has 200 valence electrons. The van der Waals surface area contributed by atoms with Gasteiger partial charge in [0.25, 0.3) is 0 Å². The molecule has 2 aromatic heterocycles. The lowest BCUT2D eigenvalue weighted by Gasteiger charge is -2.34. The summed E-state index contributed by atoms with van der Waals surface area (Å²) in [4.78, 5) is 17.8. The van der Waals surface area contributed by atoms with Gasteiger partial charge in [0, 0.05) is 22.3 Å². The van der Waals surface area contributed by atoms with Gasteiger partial charge in [-0.1, -0.05) is 44.0 Å². The van der Waals surface area contributed by atoms with Crippen LogP contribution in [0.3, 0.4) is 0 Å². The highest BCUT2D eigenvalue weighted by Crippen LogP contribution is 2.38. The predicted molar refractivity (Wildman–Crippen MR) is 155 cm³/mol. The van der Waals surface area contributed by atoms with Gasteiger partial charge < -0.3 is 14.8 Å². The molecule has 0 aliphatic heterocycles. The summed E-state index contributed by atoms with van der Waals surface area (Å²) in [5.74, 6) is 0.949. The van der Waals surface area contributed by atoms with Gasteiger partial charge in [-0.3, -0.25) is 4.40 Å². The zero-order valence-electron chi connectivity index (χ0n) is 22.8. The summed E-state index contributed by atoms with van der Waals surface area (Å²) < 4.78 is 13.3. The highest BCUT2D eigenvalue weighted by Gasteiger charge is 2.28. The second kappa shape index (κ2) is 10.5. The molecular formula is C30H33Cl2N3O3. The molecule has 0 amide bonds. The molecule has 1 N–H and O–H groups in total. The van der Waals surface area contributed by atoms with Gasteiger partial charge in [-0.2, -0.15) is 0 Å². The molecule has 0 saturated carbocycles. The third kappa shape index (κ3) is 6.25. The molecule has 0 fully saturated rings. The van der Waals surface area contributed by atoms with Crippen LogP contribution in [0.1, 0.15) is 57.0 Å². The van der Waals surface area contributed by atoms with E-state index in [9.17, 15) is 4.79 Å². The van der Waals surface area contributed by atoms with Crippen LogP contribution in [0.5, 0.6) is 11.5 Å². The van der Waals surface area contributed by atoms with E-state index in [0.29, 0.717) is 10.8 Å². The first-order chi connectivity index (χ1) is 17.8. The smallest absolute Gasteiger partial charge is 0.345 e. The van der Waals surface area contributed by atoms with E-state index >= 15 is 0 Å². The average Bonchev–Trinajstić information content (AvgIpc) is 3.14. The Balaban J connectivity index is 1.74. The number of halogens is 2. The molecule has 6 nitrogen and oxygen atoms in total. The molecule has 2 heterocycles. The Morgan fingerprint density at radius 2 is 1.74 bits per heavy atom. The van der Waals surface area contributed by atoms with Crippen LogP contribution in [0.25, 0.3) is 16.9 Å². The Bertz CT molecular complexity index is 1500. The number of imidazole rings is 1. The maximum absolute atomic E-state index is 12.8. The number of pyridine rings is 1. The molecule has 0 radical (unpaired) electrons. The molecule has 0 aliphatic carbocycles. The number of rotatable bonds is 7. The normalized spacial score (nSPS) is 12.0. The van der Waals surface area contributed by atoms with E-state index in [2.05, 4.69) is 56.5 Å². The van der Waals surface area contributed by atoms with E-state index in [-0.39, 0.29) is 27.3 Å². The number of ether oxygens (including phenoxy) is 2. The maximum atomic E-state index is 12.8. The predicted octanol–water partition coefficient (Wildman–Crippen LogP) is 8.47. The van der Waals surface area contributed by atoms with E-state index < -0.39 is 5.97 Å². The Hall–Kier alpha value is -3.22. The highest BCUT2D eigenvalue weighted by atomic mass is 35.5. The second-order valence-corrected chi connectivity index (χ2v) is 12.2. The molecule has 0 unspecified atom stereocenters. The summed E-state index contributed by atoms with van der Waals surface area (Å²) in [6, 6.07) is 14.1. The SMILES string of the molecule is COc1cc(-c2nc3cc(C)ccn3c2NC(C)(C)CC(C)(C)C)ccc1OC(=O)c1ccc(Cl)cc1Cl. The van der Waals surface area contributed by atoms with Crippen molar-refractivity contribution in [3.8, 4) is 22.8 Å². The topological polar surface area (TPSA) is 64.9 Å². The van der Waals surface area contributed by atoms with Crippen LogP contribution in [0.2, 0.25) is 10.0 Å². The summed E-state index contributed by atoms with van der Waals surface area (Å²) in [6.45, 7) is 13.1. The van der Waals surface area contributed by atoms with Crippen LogP contribution >= 0.6 is 23.2 Å². The minimum absolute atomic E-state index is 0.134. The Morgan fingerprint density at radius 3 is 2.39 bits per heavy atom. The van der Waals surface area contributed by atoms with Crippen LogP contribution in [0.4, 0.5) is 5.82 Å². The Labute approximate surface area is 233 Å². The fourth-order valence-corrected chi connectivity index (χ4v) is 5.35. The fraction of sp³-hybridized carbons (Fsp3) is 0.333. The third-order valence-corrected chi connectivity index (χ3v) is 6.55. The minimum Gasteiger partial charge on any atom is -0.493 e. The lowest BCUT2D eigenvalue weighted by atomic mass is 9.82. The molecule has 4 aromatic rings. The lowest BCUT2D eigenvalue weighted by Crippen LogP contribution is -2.36. The van der Waals surface area contributed by atoms with Gasteiger partial charge in [0.1, 0.15) is 17.2 Å². The molecule has 0 atom stereocenters. The Morgan fingerprint density at radius 1 is 1.00 bits per heavy atom. The van der Waals surface area contributed by atoms with Gasteiger partial charge in [0.15, 0.2) is 11.5 Å². The number of hydrogen-bond acceptors (Lipinski definition) is 5. The minimum atomic E-state index is -0.604. The van der Waals surface area contributed by atoms with Gasteiger partial charge >= 0.3 is 5.97 Å². The first-order valence-electron chi connectivity index (χ1n) is 12.4. The van der Waals surface area contributed by atoms with Crippen molar-refractivity contribution in [3.05, 3.63) is 75.9 Å². The van der Waals surface area contributed by atoms with Crippen LogP contribution in [-0.4, -0.2) is 28.0 Å². The molecule has 38 heavy (non-hydrogen) atoms. The summed E-state index contributed by atoms with van der Waals surface area (Å²) in [5, 5.41) is 4.40. The van der Waals surface area contributed by atoms with Gasteiger partial charge in [-0.25, -0.2) is 9.78 Å². The molecule has 0 bridgehead atoms. The number of carbonyl (C=O) groups is 1. The standard InChI is InChI=1S/C30H33Cl2N3O3/c1-18-12-13-35-25(14-18)33-26(27(35)34-30(5,6)17-29(2,3)4)19-8-11-23(24(15-19)37-7)38-28(36)21-10-9-20(31)16-22(21)32/h8-16,34H,17H2,1-7H3. The number of esters is 1. The molecule has 0 saturated heterocycles. The van der Waals surface area contributed by atoms with Crippen molar-refractivity contribution in [1.29, 1.82) is 0 Å². The van der Waals surface area contributed by atoms with Crippen molar-refractivity contribution in [2.45, 2.75) is 53.5 Å². The molecule has 8 heteroatoms. The van der Waals surface area contributed by atoms with E-state index in [4.69, 9.17) is 37.7 Å². The monoisotopic (exact) mass is 553 g/mol. The van der Waals surface area contributed by atoms with Gasteiger partial charge in [-0.05, 0) is 86.7 Å². The number of hydrogen-bond donors (Lipinski definition) is 1. The zero-order valence-corrected chi connectivity index (χ0v) is 24.3. The van der Waals surface area contributed by atoms with Gasteiger partial charge in [-0.15, -0.1) is 0 Å². The number of carbonyl (C=O) groups excluding carboxylic acids is 1. The molecule has 4 rings (SSSR count). The second-order valence-electron chi connectivity index (χ2n) is 11.4. The van der Waals surface area contributed by atoms with Crippen molar-refractivity contribution >= 4 is 40.6 Å². The number of aryl methyl sites for hydroxylation is 1. The first-order valence-corrected chi connectivity index (χ1v) is 13.1. The molecular weight excluding hydrogens is 521 g/mol. The number of methoxy groups -OCH3 is 1. The van der Waals surface area contributed by atoms with Crippen molar-refractivity contribution in [3.63, 3.8) is 0 Å². The number of anilines is 1. The Kier molecular flexibility index (Phi) is 7.69. The quantitative estimate of drug-likeness (QED) is 0.183. The van der Waals surface area contributed by atoms with E-state index in [0.717, 1.165) is 34.7 Å². The van der Waals surface area contributed by atoms with E-state index in [1.165, 1.54) is 19.2 Å². The zero-order chi connectivity index (χ0) is 27.8. The summed E-state index contributed by atoms with van der Waals surface area (Å²) in [5.41, 5.74) is 3.69. The van der Waals surface area contributed by atoms with Crippen LogP contribution < -0.4 is 14.8 Å². The van der Waals surface area contributed by atoms with E-state index in [1.807, 2.05) is 25.3 Å². The summed E-state index contributed by atoms with van der Waals surface area (Å²) in [7, 11) is 1.53. The summed E-state index contributed by atoms with van der Waals surface area (Å²) >= 11 is 12.2. The average molecular weight is 555 g/mol. The molecule has 0 spiro atoms. The number of nitrogens with zero attached hydrogens (tertiary/aromatic N) is 2. The van der Waals surface area contributed by atoms with Gasteiger partial charge in [0.05, 0.1) is 17.7 Å². The lowest BCUT2D eigenvalue weighted by molar-refractivity contribution is 0.0730. The van der Waals surface area contributed by atoms with Gasteiger partial charge in [0.2, 0.25) is 0 Å². The van der Waals surface area contributed by atoms with Crippen LogP contribution in [-0.2, 0) is 0 Å². The van der Waals surface area contributed by atoms with Crippen molar-refractivity contribution in [2.75, 3.05) is 12.4 Å². The first kappa shape index (κ1) is 27.8.